The molecule has 2 aromatic carbocycles. The van der Waals surface area contributed by atoms with Gasteiger partial charge < -0.3 is 27.9 Å². The van der Waals surface area contributed by atoms with Crippen LogP contribution >= 0.6 is 15.9 Å². The van der Waals surface area contributed by atoms with Gasteiger partial charge in [-0.05, 0) is 143 Å². The molecule has 0 N–H and O–H groups in total. The van der Waals surface area contributed by atoms with Gasteiger partial charge in [0.2, 0.25) is 0 Å². The van der Waals surface area contributed by atoms with Gasteiger partial charge in [0.25, 0.3) is 0 Å². The second-order valence-corrected chi connectivity index (χ2v) is 22.7. The van der Waals surface area contributed by atoms with Crippen LogP contribution in [0.2, 0.25) is 0 Å². The van der Waals surface area contributed by atoms with Crippen molar-refractivity contribution in [1.82, 2.24) is 0 Å². The molecule has 0 saturated carbocycles. The quantitative estimate of drug-likeness (QED) is 0.287. The number of sulfone groups is 2. The molecule has 3 aliphatic heterocycles. The smallest absolute Gasteiger partial charge is 0.405 e. The van der Waals surface area contributed by atoms with Crippen LogP contribution in [-0.2, 0) is 60.4 Å². The molecule has 0 aromatic heterocycles. The molecular formula is C36H56B3BrF2O10S2. The third-order valence-corrected chi connectivity index (χ3v) is 13.1. The second-order valence-electron chi connectivity index (χ2n) is 17.3. The molecule has 10 nitrogen and oxygen atoms in total. The Kier molecular flexibility index (Phi) is 14.3. The summed E-state index contributed by atoms with van der Waals surface area (Å²) < 4.78 is 107. The predicted molar refractivity (Wildman–Crippen MR) is 215 cm³/mol. The monoisotopic (exact) mass is 862 g/mol. The molecule has 0 aliphatic carbocycles. The minimum atomic E-state index is -3.09. The Morgan fingerprint density at radius 2 is 0.833 bits per heavy atom. The Balaban J connectivity index is 0.000000224. The number of hydrogen-bond acceptors (Lipinski definition) is 10. The average Bonchev–Trinajstić information content (AvgIpc) is 3.43. The van der Waals surface area contributed by atoms with E-state index in [4.69, 9.17) is 27.9 Å². The van der Waals surface area contributed by atoms with Gasteiger partial charge in [0, 0.05) is 17.0 Å². The first kappa shape index (κ1) is 47.0. The molecule has 0 bridgehead atoms. The van der Waals surface area contributed by atoms with Crippen LogP contribution in [0.3, 0.4) is 0 Å². The SMILES string of the molecule is CC1(C)OB(B2OC(C)(C)C(C)(C)O2)OC1(C)C.CC1(C)OB(c2cc(F)cc(CCS(C)(=O)=O)c2)OC1(C)C.CS(=O)(=O)CCc1cc(F)cc(Br)c1. The van der Waals surface area contributed by atoms with Crippen LogP contribution in [-0.4, -0.2) is 95.6 Å². The number of aryl methyl sites for hydroxylation is 2. The van der Waals surface area contributed by atoms with E-state index in [9.17, 15) is 25.6 Å². The zero-order chi connectivity index (χ0) is 41.5. The van der Waals surface area contributed by atoms with Gasteiger partial charge in [-0.1, -0.05) is 22.0 Å². The third kappa shape index (κ3) is 12.6. The molecule has 3 fully saturated rings. The van der Waals surface area contributed by atoms with Crippen LogP contribution in [0.1, 0.15) is 94.2 Å². The summed E-state index contributed by atoms with van der Waals surface area (Å²) in [7, 11) is -7.68. The van der Waals surface area contributed by atoms with E-state index in [2.05, 4.69) is 15.9 Å². The molecule has 0 atom stereocenters. The van der Waals surface area contributed by atoms with Crippen molar-refractivity contribution in [2.45, 2.75) is 130 Å². The summed E-state index contributed by atoms with van der Waals surface area (Å²) in [4.78, 5) is 0. The van der Waals surface area contributed by atoms with Gasteiger partial charge in [0.05, 0.1) is 45.1 Å². The normalized spacial score (nSPS) is 22.0. The maximum absolute atomic E-state index is 13.8. The summed E-state index contributed by atoms with van der Waals surface area (Å²) in [6, 6.07) is 8.86. The first-order valence-electron chi connectivity index (χ1n) is 17.8. The molecule has 0 radical (unpaired) electrons. The molecule has 3 heterocycles. The van der Waals surface area contributed by atoms with E-state index in [1.807, 2.05) is 83.1 Å². The van der Waals surface area contributed by atoms with Crippen LogP contribution in [0, 0.1) is 11.6 Å². The van der Waals surface area contributed by atoms with Crippen LogP contribution in [0.5, 0.6) is 0 Å². The Hall–Kier alpha value is -1.37. The number of hydrogen-bond donors (Lipinski definition) is 0. The number of rotatable bonds is 8. The lowest BCUT2D eigenvalue weighted by atomic mass is 9.49. The highest BCUT2D eigenvalue weighted by molar-refractivity contribution is 9.10. The average molecular weight is 863 g/mol. The van der Waals surface area contributed by atoms with Crippen molar-refractivity contribution in [3.05, 3.63) is 63.6 Å². The van der Waals surface area contributed by atoms with Crippen molar-refractivity contribution in [3.8, 4) is 0 Å². The van der Waals surface area contributed by atoms with Crippen molar-refractivity contribution in [3.63, 3.8) is 0 Å². The van der Waals surface area contributed by atoms with E-state index < -0.39 is 57.8 Å². The molecule has 18 heteroatoms. The van der Waals surface area contributed by atoms with E-state index in [-0.39, 0.29) is 46.1 Å². The molecule has 0 unspecified atom stereocenters. The van der Waals surface area contributed by atoms with E-state index >= 15 is 0 Å². The minimum Gasteiger partial charge on any atom is -0.405 e. The first-order valence-corrected chi connectivity index (χ1v) is 22.7. The van der Waals surface area contributed by atoms with Crippen LogP contribution in [0.4, 0.5) is 8.78 Å². The van der Waals surface area contributed by atoms with E-state index in [0.717, 1.165) is 0 Å². The van der Waals surface area contributed by atoms with Crippen molar-refractivity contribution in [2.75, 3.05) is 24.0 Å². The fourth-order valence-electron chi connectivity index (χ4n) is 5.30. The van der Waals surface area contributed by atoms with Crippen molar-refractivity contribution in [2.24, 2.45) is 0 Å². The van der Waals surface area contributed by atoms with Gasteiger partial charge in [-0.2, -0.15) is 0 Å². The summed E-state index contributed by atoms with van der Waals surface area (Å²) >= 11 is 3.14. The Morgan fingerprint density at radius 1 is 0.519 bits per heavy atom. The molecule has 3 saturated heterocycles. The molecule has 54 heavy (non-hydrogen) atoms. The van der Waals surface area contributed by atoms with E-state index in [1.165, 1.54) is 36.8 Å². The summed E-state index contributed by atoms with van der Waals surface area (Å²) in [5, 5.41) is 0. The molecule has 302 valence electrons. The summed E-state index contributed by atoms with van der Waals surface area (Å²) in [6.07, 6.45) is 2.95. The van der Waals surface area contributed by atoms with Gasteiger partial charge in [-0.25, -0.2) is 25.6 Å². The Morgan fingerprint density at radius 3 is 1.17 bits per heavy atom. The predicted octanol–water partition coefficient (Wildman–Crippen LogP) is 6.14. The lowest BCUT2D eigenvalue weighted by Gasteiger charge is -2.32. The van der Waals surface area contributed by atoms with Gasteiger partial charge in [0.15, 0.2) is 0 Å². The molecule has 5 rings (SSSR count). The lowest BCUT2D eigenvalue weighted by molar-refractivity contribution is 0.00578. The highest BCUT2D eigenvalue weighted by atomic mass is 79.9. The Labute approximate surface area is 331 Å². The highest BCUT2D eigenvalue weighted by Gasteiger charge is 2.63. The van der Waals surface area contributed by atoms with E-state index in [1.54, 1.807) is 12.1 Å². The molecule has 2 aromatic rings. The zero-order valence-electron chi connectivity index (χ0n) is 34.1. The molecule has 0 spiro atoms. The van der Waals surface area contributed by atoms with Crippen molar-refractivity contribution < 1.29 is 53.5 Å². The fraction of sp³-hybridized carbons (Fsp3) is 0.667. The zero-order valence-corrected chi connectivity index (χ0v) is 37.3. The molecular weight excluding hydrogens is 807 g/mol. The lowest BCUT2D eigenvalue weighted by Crippen LogP contribution is -2.41. The largest absolute Gasteiger partial charge is 0.494 e. The molecule has 3 aliphatic rings. The maximum Gasteiger partial charge on any atom is 0.494 e. The van der Waals surface area contributed by atoms with Crippen LogP contribution in [0.25, 0.3) is 0 Å². The second kappa shape index (κ2) is 16.5. The maximum atomic E-state index is 13.8. The molecule has 0 amide bonds. The summed E-state index contributed by atoms with van der Waals surface area (Å²) in [5.74, 6) is -0.749. The third-order valence-electron chi connectivity index (χ3n) is 10.7. The van der Waals surface area contributed by atoms with E-state index in [0.29, 0.717) is 27.5 Å². The van der Waals surface area contributed by atoms with Crippen LogP contribution < -0.4 is 5.46 Å². The fourth-order valence-corrected chi connectivity index (χ4v) is 7.02. The van der Waals surface area contributed by atoms with Crippen molar-refractivity contribution >= 4 is 62.2 Å². The first-order chi connectivity index (χ1) is 24.1. The highest BCUT2D eigenvalue weighted by Crippen LogP contribution is 2.43. The van der Waals surface area contributed by atoms with Crippen LogP contribution in [0.15, 0.2) is 40.9 Å². The summed E-state index contributed by atoms with van der Waals surface area (Å²) in [5.41, 5.74) is -0.571. The van der Waals surface area contributed by atoms with Gasteiger partial charge in [-0.3, -0.25) is 0 Å². The minimum absolute atomic E-state index is 0.0146. The van der Waals surface area contributed by atoms with Crippen molar-refractivity contribution in [1.29, 1.82) is 0 Å². The van der Waals surface area contributed by atoms with Gasteiger partial charge >= 0.3 is 21.1 Å². The number of benzene rings is 2. The number of halogens is 3. The van der Waals surface area contributed by atoms with Gasteiger partial charge in [0.1, 0.15) is 31.3 Å². The van der Waals surface area contributed by atoms with Gasteiger partial charge in [-0.15, -0.1) is 0 Å². The Bertz CT molecular complexity index is 1770. The standard InChI is InChI=1S/C15H22BFO4S.C12H24B2O4.C9H10BrFO2S/c1-14(2)15(3,4)21-16(20-14)12-8-11(9-13(17)10-12)6-7-22(5,18)19;1-9(2)10(3,4)16-13(15-9)14-17-11(5,6)12(7,8)18-14;1-14(12,13)3-2-7-4-8(10)6-9(11)5-7/h8-10H,6-7H2,1-5H3;1-8H3;4-6H,2-3H2,1H3. The summed E-state index contributed by atoms with van der Waals surface area (Å²) in [6.45, 7) is 23.9. The topological polar surface area (TPSA) is 124 Å².